The van der Waals surface area contributed by atoms with Crippen molar-refractivity contribution < 1.29 is 13.9 Å². The first kappa shape index (κ1) is 15.7. The van der Waals surface area contributed by atoms with E-state index in [1.807, 2.05) is 6.07 Å². The second-order valence-corrected chi connectivity index (χ2v) is 5.50. The number of benzene rings is 1. The fraction of sp³-hybridized carbons (Fsp3) is 0.200. The third-order valence-corrected chi connectivity index (χ3v) is 3.81. The molecular formula is C15H11FN8O2. The van der Waals surface area contributed by atoms with Gasteiger partial charge in [-0.15, -0.1) is 10.2 Å². The van der Waals surface area contributed by atoms with Crippen molar-refractivity contribution in [2.24, 2.45) is 0 Å². The van der Waals surface area contributed by atoms with Crippen LogP contribution in [0.1, 0.15) is 5.82 Å². The van der Waals surface area contributed by atoms with Crippen molar-refractivity contribution in [3.8, 4) is 11.8 Å². The lowest BCUT2D eigenvalue weighted by Crippen LogP contribution is -2.26. The van der Waals surface area contributed by atoms with E-state index in [9.17, 15) is 9.18 Å². The van der Waals surface area contributed by atoms with Crippen LogP contribution in [0.25, 0.3) is 5.69 Å². The van der Waals surface area contributed by atoms with Crippen LogP contribution >= 0.6 is 0 Å². The van der Waals surface area contributed by atoms with Gasteiger partial charge in [-0.3, -0.25) is 4.90 Å². The van der Waals surface area contributed by atoms with Gasteiger partial charge in [-0.25, -0.2) is 23.5 Å². The lowest BCUT2D eigenvalue weighted by atomic mass is 10.2. The van der Waals surface area contributed by atoms with E-state index in [1.165, 1.54) is 45.1 Å². The zero-order chi connectivity index (χ0) is 18.1. The summed E-state index contributed by atoms with van der Waals surface area (Å²) in [5.74, 6) is -0.504. The first-order valence-corrected chi connectivity index (χ1v) is 7.58. The van der Waals surface area contributed by atoms with Crippen molar-refractivity contribution in [3.05, 3.63) is 48.6 Å². The number of amides is 1. The number of nitriles is 1. The van der Waals surface area contributed by atoms with Gasteiger partial charge in [0.25, 0.3) is 5.82 Å². The minimum absolute atomic E-state index is 0.0388. The molecule has 1 unspecified atom stereocenters. The monoisotopic (exact) mass is 354 g/mol. The number of cyclic esters (lactones) is 1. The highest BCUT2D eigenvalue weighted by atomic mass is 19.1. The highest BCUT2D eigenvalue weighted by Crippen LogP contribution is 2.25. The third kappa shape index (κ3) is 2.84. The summed E-state index contributed by atoms with van der Waals surface area (Å²) >= 11 is 0. The molecule has 1 fully saturated rings. The molecule has 1 atom stereocenters. The van der Waals surface area contributed by atoms with E-state index in [2.05, 4.69) is 20.4 Å². The predicted octanol–water partition coefficient (Wildman–Crippen LogP) is 0.895. The summed E-state index contributed by atoms with van der Waals surface area (Å²) in [6.07, 6.45) is 3.28. The van der Waals surface area contributed by atoms with Gasteiger partial charge in [0, 0.05) is 0 Å². The van der Waals surface area contributed by atoms with E-state index in [1.54, 1.807) is 6.07 Å². The summed E-state index contributed by atoms with van der Waals surface area (Å²) < 4.78 is 22.4. The quantitative estimate of drug-likeness (QED) is 0.683. The summed E-state index contributed by atoms with van der Waals surface area (Å²) in [4.78, 5) is 17.2. The number of aromatic nitrogens is 6. The Kier molecular flexibility index (Phi) is 3.77. The van der Waals surface area contributed by atoms with E-state index in [-0.39, 0.29) is 24.6 Å². The SMILES string of the molecule is N#Cc1ncn(CC2CN(c3ccc(-n4ccnn4)c(F)c3)C(=O)O2)n1. The standard InChI is InChI=1S/C15H11FN8O2/c16-12-5-10(1-2-13(12)24-4-3-19-21-24)23-8-11(26-15(23)25)7-22-9-18-14(6-17)20-22/h1-5,9,11H,7-8H2. The van der Waals surface area contributed by atoms with Crippen LogP contribution in [0, 0.1) is 17.1 Å². The molecule has 10 nitrogen and oxygen atoms in total. The maximum Gasteiger partial charge on any atom is 0.414 e. The highest BCUT2D eigenvalue weighted by Gasteiger charge is 2.33. The van der Waals surface area contributed by atoms with Gasteiger partial charge in [0.2, 0.25) is 0 Å². The van der Waals surface area contributed by atoms with Crippen LogP contribution < -0.4 is 4.90 Å². The van der Waals surface area contributed by atoms with Crippen LogP contribution in [0.4, 0.5) is 14.9 Å². The number of carbonyl (C=O) groups excluding carboxylic acids is 1. The highest BCUT2D eigenvalue weighted by molar-refractivity contribution is 5.89. The second kappa shape index (κ2) is 6.25. The Bertz CT molecular complexity index is 993. The van der Waals surface area contributed by atoms with Gasteiger partial charge in [-0.1, -0.05) is 5.21 Å². The Balaban J connectivity index is 1.50. The summed E-state index contributed by atoms with van der Waals surface area (Å²) in [7, 11) is 0. The second-order valence-electron chi connectivity index (χ2n) is 5.50. The Labute approximate surface area is 146 Å². The largest absolute Gasteiger partial charge is 0.442 e. The molecule has 1 aliphatic heterocycles. The molecule has 11 heteroatoms. The number of hydrogen-bond acceptors (Lipinski definition) is 7. The summed E-state index contributed by atoms with van der Waals surface area (Å²) in [6.45, 7) is 0.471. The Morgan fingerprint density at radius 2 is 2.31 bits per heavy atom. The van der Waals surface area contributed by atoms with Crippen molar-refractivity contribution in [1.29, 1.82) is 5.26 Å². The van der Waals surface area contributed by atoms with E-state index in [4.69, 9.17) is 10.00 Å². The molecule has 3 aromatic rings. The Hall–Kier alpha value is -3.81. The van der Waals surface area contributed by atoms with Crippen molar-refractivity contribution in [3.63, 3.8) is 0 Å². The molecule has 0 aliphatic carbocycles. The van der Waals surface area contributed by atoms with Crippen LogP contribution in [0.2, 0.25) is 0 Å². The van der Waals surface area contributed by atoms with E-state index in [0.717, 1.165) is 0 Å². The first-order chi connectivity index (χ1) is 12.6. The normalized spacial score (nSPS) is 16.5. The molecule has 0 radical (unpaired) electrons. The van der Waals surface area contributed by atoms with Gasteiger partial charge in [-0.05, 0) is 18.2 Å². The molecule has 0 spiro atoms. The average molecular weight is 354 g/mol. The molecule has 0 saturated carbocycles. The Morgan fingerprint density at radius 1 is 1.42 bits per heavy atom. The Morgan fingerprint density at radius 3 is 3.00 bits per heavy atom. The molecule has 1 saturated heterocycles. The average Bonchev–Trinajstić information content (AvgIpc) is 3.36. The smallest absolute Gasteiger partial charge is 0.414 e. The van der Waals surface area contributed by atoms with Crippen molar-refractivity contribution >= 4 is 11.8 Å². The van der Waals surface area contributed by atoms with Crippen LogP contribution in [0.3, 0.4) is 0 Å². The number of anilines is 1. The third-order valence-electron chi connectivity index (χ3n) is 3.81. The molecule has 2 aromatic heterocycles. The first-order valence-electron chi connectivity index (χ1n) is 7.58. The molecule has 1 amide bonds. The zero-order valence-corrected chi connectivity index (χ0v) is 13.2. The van der Waals surface area contributed by atoms with Gasteiger partial charge in [0.1, 0.15) is 24.2 Å². The van der Waals surface area contributed by atoms with Gasteiger partial charge in [0.05, 0.1) is 31.2 Å². The maximum atomic E-state index is 14.4. The van der Waals surface area contributed by atoms with Crippen LogP contribution in [-0.2, 0) is 11.3 Å². The number of halogens is 1. The minimum Gasteiger partial charge on any atom is -0.442 e. The van der Waals surface area contributed by atoms with Gasteiger partial charge < -0.3 is 4.74 Å². The molecule has 0 bridgehead atoms. The molecule has 3 heterocycles. The van der Waals surface area contributed by atoms with Crippen molar-refractivity contribution in [2.75, 3.05) is 11.4 Å². The number of hydrogen-bond donors (Lipinski definition) is 0. The fourth-order valence-corrected chi connectivity index (χ4v) is 2.66. The van der Waals surface area contributed by atoms with Crippen molar-refractivity contribution in [1.82, 2.24) is 29.8 Å². The summed E-state index contributed by atoms with van der Waals surface area (Å²) in [6, 6.07) is 6.18. The van der Waals surface area contributed by atoms with Gasteiger partial charge in [0.15, 0.2) is 5.82 Å². The predicted molar refractivity (Wildman–Crippen MR) is 83.7 cm³/mol. The van der Waals surface area contributed by atoms with E-state index >= 15 is 0 Å². The molecule has 1 aromatic carbocycles. The molecule has 0 N–H and O–H groups in total. The van der Waals surface area contributed by atoms with Crippen LogP contribution in [0.15, 0.2) is 36.9 Å². The molecule has 130 valence electrons. The summed E-state index contributed by atoms with van der Waals surface area (Å²) in [5, 5.41) is 20.0. The number of rotatable bonds is 4. The van der Waals surface area contributed by atoms with Crippen molar-refractivity contribution in [2.45, 2.75) is 12.6 Å². The maximum absolute atomic E-state index is 14.4. The van der Waals surface area contributed by atoms with Gasteiger partial charge in [-0.2, -0.15) is 5.26 Å². The lowest BCUT2D eigenvalue weighted by Gasteiger charge is -2.14. The zero-order valence-electron chi connectivity index (χ0n) is 13.2. The summed E-state index contributed by atoms with van der Waals surface area (Å²) in [5.41, 5.74) is 0.595. The molecular weight excluding hydrogens is 343 g/mol. The topological polar surface area (TPSA) is 115 Å². The lowest BCUT2D eigenvalue weighted by molar-refractivity contribution is 0.129. The van der Waals surface area contributed by atoms with E-state index in [0.29, 0.717) is 5.69 Å². The number of nitrogens with zero attached hydrogens (tertiary/aromatic N) is 8. The molecule has 4 rings (SSSR count). The number of ether oxygens (including phenoxy) is 1. The van der Waals surface area contributed by atoms with E-state index < -0.39 is 18.0 Å². The van der Waals surface area contributed by atoms with Gasteiger partial charge >= 0.3 is 6.09 Å². The van der Waals surface area contributed by atoms with Crippen LogP contribution in [0.5, 0.6) is 0 Å². The fourth-order valence-electron chi connectivity index (χ4n) is 2.66. The molecule has 26 heavy (non-hydrogen) atoms. The minimum atomic E-state index is -0.580. The van der Waals surface area contributed by atoms with Crippen LogP contribution in [-0.4, -0.2) is 48.5 Å². The molecule has 1 aliphatic rings. The number of carbonyl (C=O) groups is 1.